The highest BCUT2D eigenvalue weighted by Crippen LogP contribution is 2.42. The molecule has 1 aromatic heterocycles. The maximum absolute atomic E-state index is 14.2. The molecule has 3 amide bonds. The number of amides is 3. The van der Waals surface area contributed by atoms with Gasteiger partial charge < -0.3 is 14.7 Å². The van der Waals surface area contributed by atoms with Gasteiger partial charge in [-0.2, -0.15) is 0 Å². The fraction of sp³-hybridized carbons (Fsp3) is 0.480. The number of imide groups is 1. The fourth-order valence-corrected chi connectivity index (χ4v) is 5.75. The molecule has 1 aromatic carbocycles. The molecule has 1 aliphatic heterocycles. The Morgan fingerprint density at radius 3 is 2.35 bits per heavy atom. The summed E-state index contributed by atoms with van der Waals surface area (Å²) in [6.45, 7) is 9.33. The van der Waals surface area contributed by atoms with E-state index in [9.17, 15) is 19.5 Å². The van der Waals surface area contributed by atoms with Crippen LogP contribution in [0.2, 0.25) is 4.34 Å². The normalized spacial score (nSPS) is 18.0. The van der Waals surface area contributed by atoms with Crippen LogP contribution in [0.5, 0.6) is 0 Å². The number of hydrogen-bond acceptors (Lipinski definition) is 5. The Balaban J connectivity index is 2.09. The molecule has 0 saturated carbocycles. The molecule has 1 N–H and O–H groups in total. The highest BCUT2D eigenvalue weighted by atomic mass is 35.5. The summed E-state index contributed by atoms with van der Waals surface area (Å²) in [7, 11) is 0. The van der Waals surface area contributed by atoms with Crippen LogP contribution in [0.25, 0.3) is 0 Å². The molecule has 34 heavy (non-hydrogen) atoms. The third-order valence-electron chi connectivity index (χ3n) is 5.96. The fourth-order valence-electron chi connectivity index (χ4n) is 4.56. The molecule has 3 rings (SSSR count). The Kier molecular flexibility index (Phi) is 7.93. The molecule has 0 spiro atoms. The van der Waals surface area contributed by atoms with Crippen molar-refractivity contribution in [3.05, 3.63) is 57.2 Å². The van der Waals surface area contributed by atoms with Gasteiger partial charge in [-0.05, 0) is 43.4 Å². The zero-order valence-corrected chi connectivity index (χ0v) is 21.6. The number of halogens is 1. The first-order chi connectivity index (χ1) is 15.9. The summed E-state index contributed by atoms with van der Waals surface area (Å²) in [5, 5.41) is 10.1. The van der Waals surface area contributed by atoms with Crippen LogP contribution in [0.15, 0.2) is 42.5 Å². The number of ether oxygens (including phenoxy) is 1. The van der Waals surface area contributed by atoms with Crippen molar-refractivity contribution in [3.8, 4) is 0 Å². The van der Waals surface area contributed by atoms with Gasteiger partial charge in [-0.1, -0.05) is 62.7 Å². The Morgan fingerprint density at radius 2 is 1.85 bits per heavy atom. The summed E-state index contributed by atoms with van der Waals surface area (Å²) in [5.74, 6) is -1.41. The third kappa shape index (κ3) is 5.55. The lowest BCUT2D eigenvalue weighted by molar-refractivity contribution is -0.133. The van der Waals surface area contributed by atoms with Crippen molar-refractivity contribution < 1.29 is 24.2 Å². The maximum atomic E-state index is 14.2. The van der Waals surface area contributed by atoms with Crippen molar-refractivity contribution >= 4 is 41.0 Å². The van der Waals surface area contributed by atoms with Crippen LogP contribution in [0.4, 0.5) is 9.59 Å². The zero-order chi connectivity index (χ0) is 25.2. The average Bonchev–Trinajstić information content (AvgIpc) is 3.32. The predicted octanol–water partition coefficient (Wildman–Crippen LogP) is 5.88. The first-order valence-corrected chi connectivity index (χ1v) is 12.4. The summed E-state index contributed by atoms with van der Waals surface area (Å²) < 4.78 is 5.78. The highest BCUT2D eigenvalue weighted by molar-refractivity contribution is 7.16. The number of rotatable bonds is 7. The third-order valence-corrected chi connectivity index (χ3v) is 7.27. The number of nitrogens with zero attached hydrogens (tertiary/aromatic N) is 2. The second-order valence-corrected chi connectivity index (χ2v) is 11.6. The lowest BCUT2D eigenvalue weighted by Gasteiger charge is -2.45. The molecule has 184 valence electrons. The van der Waals surface area contributed by atoms with Crippen molar-refractivity contribution in [2.45, 2.75) is 65.1 Å². The molecule has 2 aromatic rings. The van der Waals surface area contributed by atoms with E-state index >= 15 is 0 Å². The number of carboxylic acid groups (broad SMARTS) is 1. The molecule has 0 bridgehead atoms. The molecular formula is C25H31ClN2O5S. The van der Waals surface area contributed by atoms with E-state index in [1.165, 1.54) is 21.1 Å². The van der Waals surface area contributed by atoms with Gasteiger partial charge in [0.15, 0.2) is 0 Å². The van der Waals surface area contributed by atoms with Crippen LogP contribution >= 0.6 is 22.9 Å². The molecule has 1 fully saturated rings. The molecule has 9 heteroatoms. The number of benzene rings is 1. The summed E-state index contributed by atoms with van der Waals surface area (Å²) in [6.07, 6.45) is -1.39. The van der Waals surface area contributed by atoms with Crippen molar-refractivity contribution in [2.24, 2.45) is 5.41 Å². The second kappa shape index (κ2) is 10.4. The molecule has 0 aliphatic carbocycles. The van der Waals surface area contributed by atoms with Crippen LogP contribution in [0.3, 0.4) is 0 Å². The van der Waals surface area contributed by atoms with Crippen molar-refractivity contribution in [1.82, 2.24) is 9.80 Å². The van der Waals surface area contributed by atoms with Crippen LogP contribution in [-0.2, 0) is 16.0 Å². The van der Waals surface area contributed by atoms with E-state index in [0.717, 1.165) is 5.56 Å². The predicted molar refractivity (Wildman–Crippen MR) is 132 cm³/mol. The van der Waals surface area contributed by atoms with Gasteiger partial charge in [0.05, 0.1) is 22.3 Å². The van der Waals surface area contributed by atoms with Gasteiger partial charge in [-0.25, -0.2) is 14.5 Å². The number of cyclic esters (lactones) is 1. The summed E-state index contributed by atoms with van der Waals surface area (Å²) in [6, 6.07) is 11.4. The average molecular weight is 507 g/mol. The standard InChI is InChI=1S/C25H31ClN2O5S/c1-15(2)27(23(30)31)21(25(3,4)5)20(18-11-12-19(26)34-18)22(29)28-17(14-33-24(28)32)13-16-9-7-6-8-10-16/h6-12,15,17,20-21H,13-14H2,1-5H3,(H,30,31)/t17-,20?,21+/m1/s1. The molecule has 7 nitrogen and oxygen atoms in total. The SMILES string of the molecule is CC(C)N(C(=O)O)[C@@H](C(C(=O)N1C(=O)OC[C@H]1Cc1ccccc1)c1ccc(Cl)s1)C(C)(C)C. The van der Waals surface area contributed by atoms with E-state index in [4.69, 9.17) is 16.3 Å². The quantitative estimate of drug-likeness (QED) is 0.506. The highest BCUT2D eigenvalue weighted by Gasteiger charge is 2.50. The van der Waals surface area contributed by atoms with E-state index in [1.54, 1.807) is 26.0 Å². The monoisotopic (exact) mass is 506 g/mol. The lowest BCUT2D eigenvalue weighted by Crippen LogP contribution is -2.57. The van der Waals surface area contributed by atoms with E-state index in [1.807, 2.05) is 51.1 Å². The van der Waals surface area contributed by atoms with Gasteiger partial charge in [-0.3, -0.25) is 4.79 Å². The Hall–Kier alpha value is -2.58. The molecule has 1 unspecified atom stereocenters. The van der Waals surface area contributed by atoms with Crippen LogP contribution < -0.4 is 0 Å². The van der Waals surface area contributed by atoms with Gasteiger partial charge in [0, 0.05) is 10.9 Å². The number of hydrogen-bond donors (Lipinski definition) is 1. The molecule has 0 radical (unpaired) electrons. The van der Waals surface area contributed by atoms with Gasteiger partial charge in [0.2, 0.25) is 5.91 Å². The van der Waals surface area contributed by atoms with Gasteiger partial charge in [-0.15, -0.1) is 11.3 Å². The molecule has 2 heterocycles. The summed E-state index contributed by atoms with van der Waals surface area (Å²) in [5.41, 5.74) is 0.346. The minimum Gasteiger partial charge on any atom is -0.465 e. The van der Waals surface area contributed by atoms with E-state index in [2.05, 4.69) is 0 Å². The van der Waals surface area contributed by atoms with E-state index < -0.39 is 47.6 Å². The number of carbonyl (C=O) groups is 3. The first-order valence-electron chi connectivity index (χ1n) is 11.2. The van der Waals surface area contributed by atoms with E-state index in [-0.39, 0.29) is 6.61 Å². The van der Waals surface area contributed by atoms with Gasteiger partial charge in [0.25, 0.3) is 0 Å². The Labute approximate surface area is 209 Å². The minimum atomic E-state index is -1.12. The summed E-state index contributed by atoms with van der Waals surface area (Å²) >= 11 is 7.45. The van der Waals surface area contributed by atoms with Crippen molar-refractivity contribution in [1.29, 1.82) is 0 Å². The molecule has 3 atom stereocenters. The van der Waals surface area contributed by atoms with Crippen LogP contribution in [0.1, 0.15) is 51.0 Å². The Morgan fingerprint density at radius 1 is 1.21 bits per heavy atom. The Bertz CT molecular complexity index is 1030. The van der Waals surface area contributed by atoms with Crippen molar-refractivity contribution in [3.63, 3.8) is 0 Å². The maximum Gasteiger partial charge on any atom is 0.417 e. The largest absolute Gasteiger partial charge is 0.465 e. The smallest absolute Gasteiger partial charge is 0.417 e. The number of thiophene rings is 1. The second-order valence-electron chi connectivity index (χ2n) is 9.84. The number of carbonyl (C=O) groups excluding carboxylic acids is 2. The molecule has 1 saturated heterocycles. The van der Waals surface area contributed by atoms with Crippen LogP contribution in [0, 0.1) is 5.41 Å². The zero-order valence-electron chi connectivity index (χ0n) is 20.0. The van der Waals surface area contributed by atoms with Gasteiger partial charge in [0.1, 0.15) is 6.61 Å². The van der Waals surface area contributed by atoms with Gasteiger partial charge >= 0.3 is 12.2 Å². The topological polar surface area (TPSA) is 87.2 Å². The summed E-state index contributed by atoms with van der Waals surface area (Å²) in [4.78, 5) is 42.4. The van der Waals surface area contributed by atoms with Crippen molar-refractivity contribution in [2.75, 3.05) is 6.61 Å². The van der Waals surface area contributed by atoms with E-state index in [0.29, 0.717) is 15.6 Å². The minimum absolute atomic E-state index is 0.0877. The first kappa shape index (κ1) is 26.0. The van der Waals surface area contributed by atoms with Crippen LogP contribution in [-0.4, -0.2) is 57.7 Å². The molecule has 1 aliphatic rings. The lowest BCUT2D eigenvalue weighted by atomic mass is 9.76. The molecular weight excluding hydrogens is 476 g/mol.